The van der Waals surface area contributed by atoms with Gasteiger partial charge in [0.15, 0.2) is 5.84 Å². The number of nitrogens with one attached hydrogen (secondary N) is 1. The molecule has 1 unspecified atom stereocenters. The van der Waals surface area contributed by atoms with Gasteiger partial charge in [0.2, 0.25) is 5.91 Å². The number of oxime groups is 1. The SMILES string of the molecule is CC(C(=O)Nc1cc(F)ccc1Br)/C(N)=N/O. The fourth-order valence-electron chi connectivity index (χ4n) is 1.06. The van der Waals surface area contributed by atoms with Gasteiger partial charge in [0, 0.05) is 4.47 Å². The Kier molecular flexibility index (Phi) is 4.45. The van der Waals surface area contributed by atoms with Crippen molar-refractivity contribution in [2.45, 2.75) is 6.92 Å². The third-order valence-electron chi connectivity index (χ3n) is 2.14. The summed E-state index contributed by atoms with van der Waals surface area (Å²) in [7, 11) is 0. The molecule has 0 saturated heterocycles. The van der Waals surface area contributed by atoms with Crippen molar-refractivity contribution in [3.63, 3.8) is 0 Å². The highest BCUT2D eigenvalue weighted by Crippen LogP contribution is 2.23. The van der Waals surface area contributed by atoms with E-state index in [1.807, 2.05) is 0 Å². The van der Waals surface area contributed by atoms with Crippen molar-refractivity contribution in [1.29, 1.82) is 0 Å². The Morgan fingerprint density at radius 1 is 1.65 bits per heavy atom. The normalized spacial score (nSPS) is 13.2. The molecule has 7 heteroatoms. The van der Waals surface area contributed by atoms with Crippen LogP contribution in [-0.2, 0) is 4.79 Å². The van der Waals surface area contributed by atoms with E-state index in [1.165, 1.54) is 25.1 Å². The molecule has 0 aliphatic carbocycles. The van der Waals surface area contributed by atoms with Crippen LogP contribution in [0.2, 0.25) is 0 Å². The zero-order valence-corrected chi connectivity index (χ0v) is 10.5. The standard InChI is InChI=1S/C10H11BrFN3O2/c1-5(9(13)15-17)10(16)14-8-4-6(12)2-3-7(8)11/h2-5,17H,1H3,(H2,13,15)(H,14,16). The van der Waals surface area contributed by atoms with Crippen LogP contribution < -0.4 is 11.1 Å². The topological polar surface area (TPSA) is 87.7 Å². The third kappa shape index (κ3) is 3.42. The summed E-state index contributed by atoms with van der Waals surface area (Å²) < 4.78 is 13.5. The molecule has 0 heterocycles. The number of amides is 1. The molecule has 5 nitrogen and oxygen atoms in total. The summed E-state index contributed by atoms with van der Waals surface area (Å²) in [4.78, 5) is 11.6. The van der Waals surface area contributed by atoms with Crippen LogP contribution in [0.4, 0.5) is 10.1 Å². The van der Waals surface area contributed by atoms with Gasteiger partial charge in [-0.2, -0.15) is 0 Å². The number of anilines is 1. The van der Waals surface area contributed by atoms with Crippen molar-refractivity contribution in [3.05, 3.63) is 28.5 Å². The minimum Gasteiger partial charge on any atom is -0.409 e. The smallest absolute Gasteiger partial charge is 0.234 e. The number of nitrogens with two attached hydrogens (primary N) is 1. The van der Waals surface area contributed by atoms with Crippen LogP contribution >= 0.6 is 15.9 Å². The number of rotatable bonds is 3. The van der Waals surface area contributed by atoms with Crippen LogP contribution in [-0.4, -0.2) is 17.0 Å². The Morgan fingerprint density at radius 3 is 2.88 bits per heavy atom. The van der Waals surface area contributed by atoms with E-state index in [2.05, 4.69) is 26.4 Å². The Bertz CT molecular complexity index is 465. The summed E-state index contributed by atoms with van der Waals surface area (Å²) in [6.07, 6.45) is 0. The quantitative estimate of drug-likeness (QED) is 0.345. The van der Waals surface area contributed by atoms with Crippen LogP contribution in [0, 0.1) is 11.7 Å². The highest BCUT2D eigenvalue weighted by Gasteiger charge is 2.18. The lowest BCUT2D eigenvalue weighted by Gasteiger charge is -2.11. The van der Waals surface area contributed by atoms with Crippen LogP contribution in [0.3, 0.4) is 0 Å². The molecule has 92 valence electrons. The second kappa shape index (κ2) is 5.62. The molecule has 0 saturated carbocycles. The van der Waals surface area contributed by atoms with Crippen LogP contribution in [0.15, 0.2) is 27.8 Å². The number of halogens is 2. The van der Waals surface area contributed by atoms with E-state index < -0.39 is 17.6 Å². The highest BCUT2D eigenvalue weighted by molar-refractivity contribution is 9.10. The maximum atomic E-state index is 13.0. The highest BCUT2D eigenvalue weighted by atomic mass is 79.9. The van der Waals surface area contributed by atoms with Crippen molar-refractivity contribution >= 4 is 33.4 Å². The summed E-state index contributed by atoms with van der Waals surface area (Å²) in [5.74, 6) is -1.99. The maximum Gasteiger partial charge on any atom is 0.234 e. The second-order valence-electron chi connectivity index (χ2n) is 3.36. The van der Waals surface area contributed by atoms with E-state index in [0.717, 1.165) is 0 Å². The van der Waals surface area contributed by atoms with Crippen LogP contribution in [0.25, 0.3) is 0 Å². The summed E-state index contributed by atoms with van der Waals surface area (Å²) in [6.45, 7) is 1.47. The molecule has 1 aromatic carbocycles. The lowest BCUT2D eigenvalue weighted by atomic mass is 10.1. The van der Waals surface area contributed by atoms with E-state index in [4.69, 9.17) is 10.9 Å². The van der Waals surface area contributed by atoms with E-state index in [1.54, 1.807) is 0 Å². The monoisotopic (exact) mass is 303 g/mol. The molecule has 0 bridgehead atoms. The maximum absolute atomic E-state index is 13.0. The van der Waals surface area contributed by atoms with Gasteiger partial charge in [-0.1, -0.05) is 5.16 Å². The molecule has 0 fully saturated rings. The zero-order valence-electron chi connectivity index (χ0n) is 8.95. The lowest BCUT2D eigenvalue weighted by Crippen LogP contribution is -2.32. The molecule has 1 amide bonds. The number of amidine groups is 1. The van der Waals surface area contributed by atoms with Gasteiger partial charge in [0.05, 0.1) is 11.6 Å². The average molecular weight is 304 g/mol. The van der Waals surface area contributed by atoms with Crippen molar-refractivity contribution in [2.75, 3.05) is 5.32 Å². The van der Waals surface area contributed by atoms with Crippen molar-refractivity contribution in [3.8, 4) is 0 Å². The van der Waals surface area contributed by atoms with E-state index in [0.29, 0.717) is 4.47 Å². The fraction of sp³-hybridized carbons (Fsp3) is 0.200. The molecular weight excluding hydrogens is 293 g/mol. The Hall–Kier alpha value is -1.63. The van der Waals surface area contributed by atoms with Crippen LogP contribution in [0.5, 0.6) is 0 Å². The van der Waals surface area contributed by atoms with Gasteiger partial charge in [0.25, 0.3) is 0 Å². The minimum absolute atomic E-state index is 0.213. The predicted molar refractivity (Wildman–Crippen MR) is 65.3 cm³/mol. The van der Waals surface area contributed by atoms with E-state index in [-0.39, 0.29) is 11.5 Å². The number of carbonyl (C=O) groups excluding carboxylic acids is 1. The average Bonchev–Trinajstić information content (AvgIpc) is 2.31. The molecule has 17 heavy (non-hydrogen) atoms. The van der Waals surface area contributed by atoms with Crippen LogP contribution in [0.1, 0.15) is 6.92 Å². The first-order valence-corrected chi connectivity index (χ1v) is 5.48. The first kappa shape index (κ1) is 13.4. The van der Waals surface area contributed by atoms with Gasteiger partial charge < -0.3 is 16.3 Å². The molecule has 1 aromatic rings. The van der Waals surface area contributed by atoms with Gasteiger partial charge in [0.1, 0.15) is 5.82 Å². The molecule has 0 aliphatic heterocycles. The number of nitrogens with zero attached hydrogens (tertiary/aromatic N) is 1. The largest absolute Gasteiger partial charge is 0.409 e. The molecule has 0 spiro atoms. The first-order valence-electron chi connectivity index (χ1n) is 4.69. The molecule has 4 N–H and O–H groups in total. The van der Waals surface area contributed by atoms with Gasteiger partial charge in [-0.3, -0.25) is 4.79 Å². The van der Waals surface area contributed by atoms with Crippen molar-refractivity contribution in [2.24, 2.45) is 16.8 Å². The number of benzene rings is 1. The van der Waals surface area contributed by atoms with Gasteiger partial charge in [-0.15, -0.1) is 0 Å². The Labute approximate surface area is 106 Å². The molecule has 0 aromatic heterocycles. The first-order chi connectivity index (χ1) is 7.95. The lowest BCUT2D eigenvalue weighted by molar-refractivity contribution is -0.117. The Balaban J connectivity index is 2.84. The van der Waals surface area contributed by atoms with Gasteiger partial charge >= 0.3 is 0 Å². The number of hydrogen-bond donors (Lipinski definition) is 3. The molecule has 0 aliphatic rings. The van der Waals surface area contributed by atoms with E-state index >= 15 is 0 Å². The molecule has 1 rings (SSSR count). The molecule has 1 atom stereocenters. The summed E-state index contributed by atoms with van der Waals surface area (Å²) in [5, 5.41) is 13.6. The third-order valence-corrected chi connectivity index (χ3v) is 2.83. The minimum atomic E-state index is -0.810. The summed E-state index contributed by atoms with van der Waals surface area (Å²) in [6, 6.07) is 3.90. The number of hydrogen-bond acceptors (Lipinski definition) is 3. The van der Waals surface area contributed by atoms with Crippen molar-refractivity contribution < 1.29 is 14.4 Å². The number of carbonyl (C=O) groups is 1. The van der Waals surface area contributed by atoms with Gasteiger partial charge in [-0.25, -0.2) is 4.39 Å². The predicted octanol–water partition coefficient (Wildman–Crippen LogP) is 1.91. The van der Waals surface area contributed by atoms with Gasteiger partial charge in [-0.05, 0) is 41.1 Å². The molecular formula is C10H11BrFN3O2. The van der Waals surface area contributed by atoms with E-state index in [9.17, 15) is 9.18 Å². The Morgan fingerprint density at radius 2 is 2.29 bits per heavy atom. The second-order valence-corrected chi connectivity index (χ2v) is 4.21. The summed E-state index contributed by atoms with van der Waals surface area (Å²) >= 11 is 3.17. The zero-order chi connectivity index (χ0) is 13.0. The summed E-state index contributed by atoms with van der Waals surface area (Å²) in [5.41, 5.74) is 5.58. The van der Waals surface area contributed by atoms with Crippen molar-refractivity contribution in [1.82, 2.24) is 0 Å². The molecule has 0 radical (unpaired) electrons. The fourth-order valence-corrected chi connectivity index (χ4v) is 1.40.